The second-order valence-electron chi connectivity index (χ2n) is 6.51. The molecule has 7 nitrogen and oxygen atoms in total. The molecule has 4 rings (SSSR count). The second-order valence-corrected chi connectivity index (χ2v) is 6.51. The van der Waals surface area contributed by atoms with Crippen molar-refractivity contribution in [2.75, 3.05) is 0 Å². The van der Waals surface area contributed by atoms with Gasteiger partial charge in [0.2, 0.25) is 0 Å². The van der Waals surface area contributed by atoms with Crippen LogP contribution in [0.2, 0.25) is 0 Å². The van der Waals surface area contributed by atoms with Crippen molar-refractivity contribution in [1.29, 1.82) is 5.26 Å². The lowest BCUT2D eigenvalue weighted by molar-refractivity contribution is 0.162. The number of aliphatic hydroxyl groups excluding tert-OH is 1. The lowest BCUT2D eigenvalue weighted by Gasteiger charge is -2.19. The van der Waals surface area contributed by atoms with Gasteiger partial charge in [0.25, 0.3) is 5.56 Å². The minimum atomic E-state index is -1.36. The van der Waals surface area contributed by atoms with Crippen molar-refractivity contribution in [3.8, 4) is 17.5 Å². The standard InChI is InChI=1S/C22H16N4O3/c23-12-19(15-4-1-9-24-13-15)20(28)18-11-14-3-2-10-25-21(14)26(22(18)29)16-5-7-17(27)8-6-16/h1-11,13,19-20,27-28H. The number of hydrogen-bond donors (Lipinski definition) is 2. The molecule has 7 heteroatoms. The summed E-state index contributed by atoms with van der Waals surface area (Å²) in [6, 6.07) is 16.6. The summed E-state index contributed by atoms with van der Waals surface area (Å²) >= 11 is 0. The van der Waals surface area contributed by atoms with Gasteiger partial charge in [0.05, 0.1) is 11.8 Å². The largest absolute Gasteiger partial charge is 0.508 e. The van der Waals surface area contributed by atoms with Gasteiger partial charge in [-0.2, -0.15) is 5.26 Å². The zero-order valence-electron chi connectivity index (χ0n) is 15.2. The van der Waals surface area contributed by atoms with E-state index in [0.29, 0.717) is 22.3 Å². The maximum absolute atomic E-state index is 13.3. The van der Waals surface area contributed by atoms with E-state index in [4.69, 9.17) is 0 Å². The molecule has 0 aliphatic carbocycles. The van der Waals surface area contributed by atoms with E-state index in [1.165, 1.54) is 22.9 Å². The first-order valence-electron chi connectivity index (χ1n) is 8.88. The molecule has 0 radical (unpaired) electrons. The van der Waals surface area contributed by atoms with Crippen LogP contribution >= 0.6 is 0 Å². The Morgan fingerprint density at radius 2 is 1.83 bits per heavy atom. The molecule has 0 saturated carbocycles. The molecule has 0 amide bonds. The van der Waals surface area contributed by atoms with E-state index in [0.717, 1.165) is 0 Å². The van der Waals surface area contributed by atoms with E-state index < -0.39 is 17.6 Å². The summed E-state index contributed by atoms with van der Waals surface area (Å²) in [6.45, 7) is 0. The van der Waals surface area contributed by atoms with Crippen molar-refractivity contribution in [2.45, 2.75) is 12.0 Å². The Kier molecular flexibility index (Phi) is 4.77. The first-order valence-corrected chi connectivity index (χ1v) is 8.88. The van der Waals surface area contributed by atoms with Crippen molar-refractivity contribution in [3.05, 3.63) is 94.7 Å². The topological polar surface area (TPSA) is 112 Å². The van der Waals surface area contributed by atoms with Crippen molar-refractivity contribution < 1.29 is 10.2 Å². The zero-order valence-corrected chi connectivity index (χ0v) is 15.2. The zero-order chi connectivity index (χ0) is 20.4. The molecule has 3 heterocycles. The smallest absolute Gasteiger partial charge is 0.262 e. The molecule has 0 aliphatic heterocycles. The van der Waals surface area contributed by atoms with Crippen LogP contribution in [-0.4, -0.2) is 24.7 Å². The highest BCUT2D eigenvalue weighted by Gasteiger charge is 2.27. The molecule has 2 unspecified atom stereocenters. The van der Waals surface area contributed by atoms with Crippen LogP contribution in [0.5, 0.6) is 5.75 Å². The minimum Gasteiger partial charge on any atom is -0.508 e. The fourth-order valence-electron chi connectivity index (χ4n) is 3.28. The molecule has 4 aromatic rings. The quantitative estimate of drug-likeness (QED) is 0.560. The van der Waals surface area contributed by atoms with Gasteiger partial charge in [0.15, 0.2) is 0 Å². The Bertz CT molecular complexity index is 1260. The monoisotopic (exact) mass is 384 g/mol. The third kappa shape index (κ3) is 3.33. The van der Waals surface area contributed by atoms with E-state index in [-0.39, 0.29) is 11.3 Å². The number of aromatic hydroxyl groups is 1. The van der Waals surface area contributed by atoms with Crippen molar-refractivity contribution in [1.82, 2.24) is 14.5 Å². The van der Waals surface area contributed by atoms with Gasteiger partial charge in [-0.3, -0.25) is 14.3 Å². The lowest BCUT2D eigenvalue weighted by Crippen LogP contribution is -2.27. The predicted molar refractivity (Wildman–Crippen MR) is 107 cm³/mol. The van der Waals surface area contributed by atoms with Crippen LogP contribution in [0.25, 0.3) is 16.7 Å². The highest BCUT2D eigenvalue weighted by molar-refractivity contribution is 5.77. The first-order chi connectivity index (χ1) is 14.1. The van der Waals surface area contributed by atoms with E-state index >= 15 is 0 Å². The van der Waals surface area contributed by atoms with Crippen molar-refractivity contribution in [2.24, 2.45) is 0 Å². The number of benzene rings is 1. The Labute approximate surface area is 165 Å². The number of aliphatic hydroxyl groups is 1. The molecule has 0 aliphatic rings. The molecular formula is C22H16N4O3. The number of rotatable bonds is 4. The Morgan fingerprint density at radius 3 is 2.52 bits per heavy atom. The SMILES string of the molecule is N#CC(c1cccnc1)C(O)c1cc2cccnc2n(-c2ccc(O)cc2)c1=O. The highest BCUT2D eigenvalue weighted by atomic mass is 16.3. The maximum Gasteiger partial charge on any atom is 0.262 e. The van der Waals surface area contributed by atoms with Crippen LogP contribution in [-0.2, 0) is 0 Å². The first kappa shape index (κ1) is 18.3. The van der Waals surface area contributed by atoms with Crippen LogP contribution in [0.4, 0.5) is 0 Å². The number of aromatic nitrogens is 3. The molecular weight excluding hydrogens is 368 g/mol. The summed E-state index contributed by atoms with van der Waals surface area (Å²) in [5.41, 5.74) is 1.01. The second kappa shape index (κ2) is 7.54. The van der Waals surface area contributed by atoms with E-state index in [1.807, 2.05) is 0 Å². The van der Waals surface area contributed by atoms with E-state index in [9.17, 15) is 20.3 Å². The van der Waals surface area contributed by atoms with Gasteiger partial charge in [-0.25, -0.2) is 4.98 Å². The van der Waals surface area contributed by atoms with Gasteiger partial charge < -0.3 is 10.2 Å². The maximum atomic E-state index is 13.3. The van der Waals surface area contributed by atoms with Crippen molar-refractivity contribution >= 4 is 11.0 Å². The molecule has 0 spiro atoms. The highest BCUT2D eigenvalue weighted by Crippen LogP contribution is 2.30. The van der Waals surface area contributed by atoms with Crippen LogP contribution in [0, 0.1) is 11.3 Å². The number of nitrogens with zero attached hydrogens (tertiary/aromatic N) is 4. The Morgan fingerprint density at radius 1 is 1.07 bits per heavy atom. The van der Waals surface area contributed by atoms with Gasteiger partial charge in [-0.15, -0.1) is 0 Å². The molecule has 2 N–H and O–H groups in total. The predicted octanol–water partition coefficient (Wildman–Crippen LogP) is 2.83. The molecule has 0 bridgehead atoms. The number of phenolic OH excluding ortho intramolecular Hbond substituents is 1. The summed E-state index contributed by atoms with van der Waals surface area (Å²) in [4.78, 5) is 21.6. The van der Waals surface area contributed by atoms with Crippen LogP contribution < -0.4 is 5.56 Å². The summed E-state index contributed by atoms with van der Waals surface area (Å²) in [5.74, 6) is -0.893. The average molecular weight is 384 g/mol. The number of hydrogen-bond acceptors (Lipinski definition) is 6. The molecule has 29 heavy (non-hydrogen) atoms. The molecule has 142 valence electrons. The van der Waals surface area contributed by atoms with Crippen LogP contribution in [0.15, 0.2) is 78.0 Å². The third-order valence-corrected chi connectivity index (χ3v) is 4.71. The number of phenols is 1. The molecule has 0 fully saturated rings. The summed E-state index contributed by atoms with van der Waals surface area (Å²) in [7, 11) is 0. The van der Waals surface area contributed by atoms with Gasteiger partial charge >= 0.3 is 0 Å². The van der Waals surface area contributed by atoms with Gasteiger partial charge in [0.1, 0.15) is 23.4 Å². The molecule has 3 aromatic heterocycles. The summed E-state index contributed by atoms with van der Waals surface area (Å²) in [5, 5.41) is 30.8. The van der Waals surface area contributed by atoms with Gasteiger partial charge in [-0.05, 0) is 54.1 Å². The summed E-state index contributed by atoms with van der Waals surface area (Å²) in [6.07, 6.45) is 3.29. The third-order valence-electron chi connectivity index (χ3n) is 4.71. The lowest BCUT2D eigenvalue weighted by atomic mass is 9.91. The van der Waals surface area contributed by atoms with E-state index in [2.05, 4.69) is 16.0 Å². The molecule has 2 atom stereocenters. The minimum absolute atomic E-state index is 0.0661. The molecule has 1 aromatic carbocycles. The average Bonchev–Trinajstić information content (AvgIpc) is 2.75. The fourth-order valence-corrected chi connectivity index (χ4v) is 3.28. The Balaban J connectivity index is 1.94. The Hall–Kier alpha value is -4.02. The van der Waals surface area contributed by atoms with Gasteiger partial charge in [-0.1, -0.05) is 6.07 Å². The molecule has 0 saturated heterocycles. The van der Waals surface area contributed by atoms with Gasteiger partial charge in [0, 0.05) is 29.5 Å². The van der Waals surface area contributed by atoms with E-state index in [1.54, 1.807) is 54.9 Å². The van der Waals surface area contributed by atoms with Crippen LogP contribution in [0.1, 0.15) is 23.1 Å². The number of pyridine rings is 3. The number of nitriles is 1. The normalized spacial score (nSPS) is 13.0. The van der Waals surface area contributed by atoms with Crippen molar-refractivity contribution in [3.63, 3.8) is 0 Å². The summed E-state index contributed by atoms with van der Waals surface area (Å²) < 4.78 is 1.37. The fraction of sp³-hybridized carbons (Fsp3) is 0.0909. The van der Waals surface area contributed by atoms with Crippen LogP contribution in [0.3, 0.4) is 0 Å². The number of fused-ring (bicyclic) bond motifs is 1.